The van der Waals surface area contributed by atoms with Crippen molar-refractivity contribution in [1.82, 2.24) is 0 Å². The lowest BCUT2D eigenvalue weighted by Crippen LogP contribution is -1.93. The van der Waals surface area contributed by atoms with Crippen LogP contribution in [0.5, 0.6) is 0 Å². The average Bonchev–Trinajstić information content (AvgIpc) is 3.24. The summed E-state index contributed by atoms with van der Waals surface area (Å²) in [4.78, 5) is 0. The van der Waals surface area contributed by atoms with Crippen molar-refractivity contribution < 1.29 is 0 Å². The van der Waals surface area contributed by atoms with Crippen molar-refractivity contribution in [2.45, 2.75) is 0 Å². The molecule has 10 aromatic carbocycles. The molecule has 0 N–H and O–H groups in total. The fourth-order valence-corrected chi connectivity index (χ4v) is 8.85. The molecule has 10 rings (SSSR count). The van der Waals surface area contributed by atoms with E-state index in [-0.39, 0.29) is 0 Å². The Morgan fingerprint density at radius 1 is 0.352 bits per heavy atom. The Morgan fingerprint density at radius 2 is 0.741 bits per heavy atom. The third-order valence-electron chi connectivity index (χ3n) is 11.2. The Labute approximate surface area is 312 Å². The first-order chi connectivity index (χ1) is 26.6. The van der Waals surface area contributed by atoms with Crippen LogP contribution in [-0.4, -0.2) is 0 Å². The van der Waals surface area contributed by atoms with Gasteiger partial charge >= 0.3 is 0 Å². The zero-order chi connectivity index (χ0) is 36.5. The second-order valence-corrected chi connectivity index (χ2v) is 13.9. The largest absolute Gasteiger partial charge is 0.192 e. The molecule has 0 spiro atoms. The van der Waals surface area contributed by atoms with Gasteiger partial charge in [0.1, 0.15) is 0 Å². The Morgan fingerprint density at radius 3 is 1.26 bits per heavy atom. The molecule has 0 aliphatic heterocycles. The number of benzene rings is 10. The molecular formula is C52H30N2. The highest BCUT2D eigenvalue weighted by Gasteiger charge is 2.19. The van der Waals surface area contributed by atoms with Crippen LogP contribution in [0.25, 0.3) is 110 Å². The maximum absolute atomic E-state index is 9.74. The predicted molar refractivity (Wildman–Crippen MR) is 229 cm³/mol. The Balaban J connectivity index is 1.22. The lowest BCUT2D eigenvalue weighted by molar-refractivity contribution is 1.50. The molecule has 0 saturated heterocycles. The molecule has 2 heteroatoms. The van der Waals surface area contributed by atoms with Gasteiger partial charge in [0.15, 0.2) is 0 Å². The van der Waals surface area contributed by atoms with Crippen LogP contribution in [0.15, 0.2) is 159 Å². The third kappa shape index (κ3) is 4.45. The van der Waals surface area contributed by atoms with Crippen molar-refractivity contribution in [2.24, 2.45) is 0 Å². The van der Waals surface area contributed by atoms with Crippen molar-refractivity contribution in [1.29, 1.82) is 10.5 Å². The molecule has 0 fully saturated rings. The highest BCUT2D eigenvalue weighted by atomic mass is 14.3. The van der Waals surface area contributed by atoms with E-state index in [0.29, 0.717) is 11.1 Å². The van der Waals surface area contributed by atoms with Crippen molar-refractivity contribution in [2.75, 3.05) is 0 Å². The minimum Gasteiger partial charge on any atom is -0.192 e. The Kier molecular flexibility index (Phi) is 6.96. The Hall–Kier alpha value is -7.52. The lowest BCUT2D eigenvalue weighted by atomic mass is 9.85. The fourth-order valence-electron chi connectivity index (χ4n) is 8.85. The van der Waals surface area contributed by atoms with Gasteiger partial charge in [0.2, 0.25) is 0 Å². The van der Waals surface area contributed by atoms with E-state index in [1.54, 1.807) is 0 Å². The summed E-state index contributed by atoms with van der Waals surface area (Å²) in [5.74, 6) is 0. The van der Waals surface area contributed by atoms with Crippen LogP contribution < -0.4 is 0 Å². The van der Waals surface area contributed by atoms with Crippen molar-refractivity contribution in [3.05, 3.63) is 181 Å². The summed E-state index contributed by atoms with van der Waals surface area (Å²) in [6, 6.07) is 56.1. The van der Waals surface area contributed by atoms with E-state index < -0.39 is 0 Å². The van der Waals surface area contributed by atoms with Gasteiger partial charge in [0.25, 0.3) is 0 Å². The second kappa shape index (κ2) is 12.0. The molecule has 0 aromatic heterocycles. The number of hydrogen-bond donors (Lipinski definition) is 0. The van der Waals surface area contributed by atoms with Gasteiger partial charge in [-0.05, 0) is 145 Å². The minimum absolute atomic E-state index is 0.621. The standard InChI is InChI=1S/C52H30N2/c1-3-35-36(4-2)49-27-45(39-13-7-9-15-41(39)51(49)43-23-17-31(29-53)25-47(35)43)33-19-21-34(22-20-33)46-28-50-38-12-6-5-11-37(38)48-26-32(30-54)18-24-44(48)52(50)42-16-10-8-14-40(42)46/h3-28H,1-2H2. The normalized spacial score (nSPS) is 11.4. The van der Waals surface area contributed by atoms with Gasteiger partial charge in [0, 0.05) is 0 Å². The third-order valence-corrected chi connectivity index (χ3v) is 11.2. The molecule has 0 unspecified atom stereocenters. The molecule has 0 bridgehead atoms. The van der Waals surface area contributed by atoms with Gasteiger partial charge in [-0.15, -0.1) is 0 Å². The molecule has 0 aliphatic rings. The summed E-state index contributed by atoms with van der Waals surface area (Å²) in [5, 5.41) is 35.5. The molecule has 0 aliphatic carbocycles. The van der Waals surface area contributed by atoms with Gasteiger partial charge in [-0.1, -0.05) is 135 Å². The van der Waals surface area contributed by atoms with Crippen molar-refractivity contribution in [3.63, 3.8) is 0 Å². The number of nitrogens with zero attached hydrogens (tertiary/aromatic N) is 2. The lowest BCUT2D eigenvalue weighted by Gasteiger charge is -2.18. The molecular weight excluding hydrogens is 653 g/mol. The molecule has 0 atom stereocenters. The first-order valence-corrected chi connectivity index (χ1v) is 18.0. The van der Waals surface area contributed by atoms with E-state index >= 15 is 0 Å². The highest BCUT2D eigenvalue weighted by molar-refractivity contribution is 6.33. The average molecular weight is 683 g/mol. The van der Waals surface area contributed by atoms with E-state index in [0.717, 1.165) is 70.9 Å². The summed E-state index contributed by atoms with van der Waals surface area (Å²) >= 11 is 0. The summed E-state index contributed by atoms with van der Waals surface area (Å²) in [6.45, 7) is 8.40. The maximum atomic E-state index is 9.74. The van der Waals surface area contributed by atoms with E-state index in [9.17, 15) is 10.5 Å². The van der Waals surface area contributed by atoms with Gasteiger partial charge in [-0.2, -0.15) is 10.5 Å². The first kappa shape index (κ1) is 31.2. The predicted octanol–water partition coefficient (Wildman–Crippen LogP) is 14.1. The Bertz CT molecular complexity index is 3370. The van der Waals surface area contributed by atoms with Crippen molar-refractivity contribution in [3.8, 4) is 34.4 Å². The quantitative estimate of drug-likeness (QED) is 0.173. The van der Waals surface area contributed by atoms with Crippen molar-refractivity contribution >= 4 is 87.6 Å². The number of hydrogen-bond acceptors (Lipinski definition) is 2. The molecule has 2 nitrogen and oxygen atoms in total. The summed E-state index contributed by atoms with van der Waals surface area (Å²) in [7, 11) is 0. The summed E-state index contributed by atoms with van der Waals surface area (Å²) in [6.07, 6.45) is 3.80. The van der Waals surface area contributed by atoms with E-state index in [4.69, 9.17) is 0 Å². The van der Waals surface area contributed by atoms with Gasteiger partial charge in [-0.25, -0.2) is 0 Å². The summed E-state index contributed by atoms with van der Waals surface area (Å²) in [5.41, 5.74) is 7.88. The molecule has 10 aromatic rings. The monoisotopic (exact) mass is 682 g/mol. The van der Waals surface area contributed by atoms with Gasteiger partial charge in [-0.3, -0.25) is 0 Å². The minimum atomic E-state index is 0.621. The summed E-state index contributed by atoms with van der Waals surface area (Å²) < 4.78 is 0. The van der Waals surface area contributed by atoms with Crippen LogP contribution in [0.1, 0.15) is 22.3 Å². The molecule has 0 heterocycles. The molecule has 0 amide bonds. The van der Waals surface area contributed by atoms with Crippen LogP contribution in [0.3, 0.4) is 0 Å². The van der Waals surface area contributed by atoms with Crippen LogP contribution >= 0.6 is 0 Å². The fraction of sp³-hybridized carbons (Fsp3) is 0. The second-order valence-electron chi connectivity index (χ2n) is 13.9. The SMILES string of the molecule is C=Cc1c(C=C)c2cc(-c3ccc(-c4cc5c6ccccc6c6cc(C#N)ccc6c5c5ccccc45)cc3)c3ccccc3c2c2ccc(C#N)cc12. The van der Waals surface area contributed by atoms with Gasteiger partial charge < -0.3 is 0 Å². The van der Waals surface area contributed by atoms with Crippen LogP contribution in [0.2, 0.25) is 0 Å². The topological polar surface area (TPSA) is 47.6 Å². The molecule has 0 radical (unpaired) electrons. The van der Waals surface area contributed by atoms with Crippen LogP contribution in [-0.2, 0) is 0 Å². The van der Waals surface area contributed by atoms with Gasteiger partial charge in [0.05, 0.1) is 23.3 Å². The smallest absolute Gasteiger partial charge is 0.0991 e. The van der Waals surface area contributed by atoms with E-state index in [1.165, 1.54) is 37.9 Å². The van der Waals surface area contributed by atoms with Crippen LogP contribution in [0.4, 0.5) is 0 Å². The molecule has 54 heavy (non-hydrogen) atoms. The van der Waals surface area contributed by atoms with E-state index in [1.807, 2.05) is 36.4 Å². The zero-order valence-corrected chi connectivity index (χ0v) is 29.3. The zero-order valence-electron chi connectivity index (χ0n) is 29.3. The molecule has 0 saturated carbocycles. The number of nitriles is 2. The van der Waals surface area contributed by atoms with E-state index in [2.05, 4.69) is 147 Å². The maximum Gasteiger partial charge on any atom is 0.0991 e. The molecule has 248 valence electrons. The first-order valence-electron chi connectivity index (χ1n) is 18.0. The highest BCUT2D eigenvalue weighted by Crippen LogP contribution is 2.45. The van der Waals surface area contributed by atoms with Crippen LogP contribution in [0, 0.1) is 22.7 Å². The number of fused-ring (bicyclic) bond motifs is 13. The number of rotatable bonds is 4.